The van der Waals surface area contributed by atoms with Gasteiger partial charge in [0.05, 0.1) is 11.5 Å². The van der Waals surface area contributed by atoms with Crippen molar-refractivity contribution in [2.45, 2.75) is 63.6 Å². The number of nitrogens with one attached hydrogen (secondary N) is 1. The van der Waals surface area contributed by atoms with E-state index in [1.807, 2.05) is 32.0 Å². The van der Waals surface area contributed by atoms with Gasteiger partial charge in [-0.25, -0.2) is 17.6 Å². The van der Waals surface area contributed by atoms with Gasteiger partial charge >= 0.3 is 6.03 Å². The number of aliphatic hydroxyl groups is 1. The second-order valence-electron chi connectivity index (χ2n) is 11.9. The summed E-state index contributed by atoms with van der Waals surface area (Å²) in [4.78, 5) is 15.2. The monoisotopic (exact) mass is 656 g/mol. The lowest BCUT2D eigenvalue weighted by molar-refractivity contribution is 0.170. The Morgan fingerprint density at radius 1 is 0.935 bits per heavy atom. The summed E-state index contributed by atoms with van der Waals surface area (Å²) < 4.78 is 53.4. The molecular formula is C34H45FN4O6S. The maximum Gasteiger partial charge on any atom is 0.318 e. The van der Waals surface area contributed by atoms with Gasteiger partial charge in [0.25, 0.3) is 0 Å². The number of nitrogens with zero attached hydrogens (tertiary/aromatic N) is 2. The van der Waals surface area contributed by atoms with E-state index in [9.17, 15) is 22.7 Å². The molecule has 0 bridgehead atoms. The van der Waals surface area contributed by atoms with Gasteiger partial charge in [0.2, 0.25) is 10.0 Å². The molecule has 250 valence electrons. The number of carbonyl (C=O) groups is 1. The lowest BCUT2D eigenvalue weighted by Crippen LogP contribution is -2.43. The summed E-state index contributed by atoms with van der Waals surface area (Å²) >= 11 is 0. The van der Waals surface area contributed by atoms with E-state index in [0.717, 1.165) is 11.1 Å². The number of sulfonamides is 1. The highest BCUT2D eigenvalue weighted by Gasteiger charge is 2.31. The molecule has 4 N–H and O–H groups in total. The van der Waals surface area contributed by atoms with Crippen LogP contribution in [0.1, 0.15) is 50.7 Å². The molecule has 1 aliphatic heterocycles. The first-order chi connectivity index (χ1) is 22.1. The summed E-state index contributed by atoms with van der Waals surface area (Å²) in [5.74, 6) is 1.22. The number of amides is 2. The molecule has 10 nitrogen and oxygen atoms in total. The number of hydrogen-bond donors (Lipinski definition) is 3. The Morgan fingerprint density at radius 3 is 2.26 bits per heavy atom. The third-order valence-corrected chi connectivity index (χ3v) is 9.79. The number of fused-ring (bicyclic) bond motifs is 1. The standard InChI is InChI=1S/C34H45FN4O6S/c1-25(2)16-18-39(46(42,43)31-13-11-29(36)12-14-31)30(24-40)5-3-4-17-37-34(41)38(22-26-6-9-28(35)10-7-26)23-27-8-15-32-33(21-27)45-20-19-44-32/h6-15,21,25,30,40H,3-5,16-20,22-24,36H2,1-2H3,(H,37,41)/t30-/m0/s1. The fourth-order valence-electron chi connectivity index (χ4n) is 5.21. The van der Waals surface area contributed by atoms with Crippen molar-refractivity contribution in [3.05, 3.63) is 83.7 Å². The number of ether oxygens (including phenoxy) is 2. The maximum absolute atomic E-state index is 13.6. The van der Waals surface area contributed by atoms with Crippen molar-refractivity contribution in [1.29, 1.82) is 0 Å². The third-order valence-electron chi connectivity index (χ3n) is 7.83. The smallest absolute Gasteiger partial charge is 0.318 e. The minimum atomic E-state index is -3.86. The van der Waals surface area contributed by atoms with Gasteiger partial charge in [-0.2, -0.15) is 4.31 Å². The Morgan fingerprint density at radius 2 is 1.59 bits per heavy atom. The van der Waals surface area contributed by atoms with Crippen LogP contribution in [0.2, 0.25) is 0 Å². The van der Waals surface area contributed by atoms with E-state index in [1.165, 1.54) is 28.6 Å². The van der Waals surface area contributed by atoms with Crippen molar-refractivity contribution in [3.8, 4) is 11.5 Å². The molecule has 0 aromatic heterocycles. The van der Waals surface area contributed by atoms with E-state index >= 15 is 0 Å². The van der Waals surface area contributed by atoms with Crippen LogP contribution in [0.5, 0.6) is 11.5 Å². The largest absolute Gasteiger partial charge is 0.486 e. The number of benzene rings is 3. The molecule has 1 aliphatic rings. The zero-order valence-electron chi connectivity index (χ0n) is 26.5. The number of nitrogens with two attached hydrogens (primary N) is 1. The zero-order chi connectivity index (χ0) is 33.1. The van der Waals surface area contributed by atoms with Crippen LogP contribution in [0.4, 0.5) is 14.9 Å². The van der Waals surface area contributed by atoms with Crippen LogP contribution in [0.15, 0.2) is 71.6 Å². The molecule has 0 aliphatic carbocycles. The molecule has 4 rings (SSSR count). The van der Waals surface area contributed by atoms with Crippen molar-refractivity contribution >= 4 is 21.7 Å². The molecule has 0 radical (unpaired) electrons. The van der Waals surface area contributed by atoms with Crippen LogP contribution in [0.25, 0.3) is 0 Å². The number of anilines is 1. The summed E-state index contributed by atoms with van der Waals surface area (Å²) in [6.07, 6.45) is 2.24. The summed E-state index contributed by atoms with van der Waals surface area (Å²) in [5.41, 5.74) is 7.87. The highest BCUT2D eigenvalue weighted by atomic mass is 32.2. The first-order valence-corrected chi connectivity index (χ1v) is 17.1. The Bertz CT molecular complexity index is 1520. The molecule has 0 saturated heterocycles. The van der Waals surface area contributed by atoms with E-state index in [-0.39, 0.29) is 42.4 Å². The number of nitrogen functional groups attached to an aromatic ring is 1. The van der Waals surface area contributed by atoms with Gasteiger partial charge in [-0.1, -0.05) is 38.5 Å². The molecule has 46 heavy (non-hydrogen) atoms. The number of unbranched alkanes of at least 4 members (excludes halogenated alkanes) is 1. The summed E-state index contributed by atoms with van der Waals surface area (Å²) in [6, 6.07) is 16.8. The fourth-order valence-corrected chi connectivity index (χ4v) is 6.88. The lowest BCUT2D eigenvalue weighted by Gasteiger charge is -2.30. The average molecular weight is 657 g/mol. The molecule has 3 aromatic carbocycles. The van der Waals surface area contributed by atoms with Crippen LogP contribution in [0.3, 0.4) is 0 Å². The van der Waals surface area contributed by atoms with E-state index in [0.29, 0.717) is 69.2 Å². The van der Waals surface area contributed by atoms with Crippen LogP contribution in [0, 0.1) is 11.7 Å². The highest BCUT2D eigenvalue weighted by molar-refractivity contribution is 7.89. The maximum atomic E-state index is 13.6. The molecule has 12 heteroatoms. The molecule has 0 fully saturated rings. The third kappa shape index (κ3) is 9.81. The summed E-state index contributed by atoms with van der Waals surface area (Å²) in [5, 5.41) is 13.2. The van der Waals surface area contributed by atoms with Crippen molar-refractivity contribution in [2.24, 2.45) is 5.92 Å². The quantitative estimate of drug-likeness (QED) is 0.143. The minimum absolute atomic E-state index is 0.135. The molecule has 0 saturated carbocycles. The van der Waals surface area contributed by atoms with E-state index in [4.69, 9.17) is 15.2 Å². The number of urea groups is 1. The number of hydrogen-bond acceptors (Lipinski definition) is 7. The lowest BCUT2D eigenvalue weighted by atomic mass is 10.1. The van der Waals surface area contributed by atoms with Gasteiger partial charge in [-0.3, -0.25) is 0 Å². The second-order valence-corrected chi connectivity index (χ2v) is 13.8. The zero-order valence-corrected chi connectivity index (χ0v) is 27.3. The van der Waals surface area contributed by atoms with Crippen molar-refractivity contribution in [3.63, 3.8) is 0 Å². The second kappa shape index (κ2) is 16.6. The molecule has 0 unspecified atom stereocenters. The van der Waals surface area contributed by atoms with Gasteiger partial charge < -0.3 is 30.5 Å². The summed E-state index contributed by atoms with van der Waals surface area (Å²) in [7, 11) is -3.86. The normalized spacial score (nSPS) is 13.5. The molecule has 1 atom stereocenters. The Kier molecular flexibility index (Phi) is 12.6. The van der Waals surface area contributed by atoms with Crippen LogP contribution >= 0.6 is 0 Å². The predicted molar refractivity (Wildman–Crippen MR) is 175 cm³/mol. The summed E-state index contributed by atoms with van der Waals surface area (Å²) in [6.45, 7) is 5.87. The molecule has 3 aromatic rings. The van der Waals surface area contributed by atoms with E-state index < -0.39 is 16.1 Å². The van der Waals surface area contributed by atoms with Gasteiger partial charge in [0, 0.05) is 37.9 Å². The molecule has 2 amide bonds. The van der Waals surface area contributed by atoms with E-state index in [1.54, 1.807) is 29.2 Å². The highest BCUT2D eigenvalue weighted by Crippen LogP contribution is 2.31. The number of halogens is 1. The molecular weight excluding hydrogens is 611 g/mol. The average Bonchev–Trinajstić information content (AvgIpc) is 3.04. The number of aliphatic hydroxyl groups excluding tert-OH is 1. The Labute approximate surface area is 271 Å². The minimum Gasteiger partial charge on any atom is -0.486 e. The van der Waals surface area contributed by atoms with Gasteiger partial charge in [-0.05, 0) is 84.8 Å². The van der Waals surface area contributed by atoms with Crippen molar-refractivity contribution < 1.29 is 32.2 Å². The van der Waals surface area contributed by atoms with Gasteiger partial charge in [-0.15, -0.1) is 0 Å². The Balaban J connectivity index is 1.37. The Hall–Kier alpha value is -3.87. The number of rotatable bonds is 16. The van der Waals surface area contributed by atoms with Crippen molar-refractivity contribution in [1.82, 2.24) is 14.5 Å². The fraction of sp³-hybridized carbons (Fsp3) is 0.441. The van der Waals surface area contributed by atoms with Crippen LogP contribution in [-0.4, -0.2) is 67.7 Å². The van der Waals surface area contributed by atoms with Gasteiger partial charge in [0.1, 0.15) is 19.0 Å². The topological polar surface area (TPSA) is 134 Å². The predicted octanol–water partition coefficient (Wildman–Crippen LogP) is 5.16. The number of carbonyl (C=O) groups excluding carboxylic acids is 1. The SMILES string of the molecule is CC(C)CCN([C@H](CO)CCCCNC(=O)N(Cc1ccc(F)cc1)Cc1ccc2c(c1)OCCO2)S(=O)(=O)c1ccc(N)cc1. The van der Waals surface area contributed by atoms with E-state index in [2.05, 4.69) is 5.32 Å². The van der Waals surface area contributed by atoms with Crippen LogP contribution in [-0.2, 0) is 23.1 Å². The first-order valence-electron chi connectivity index (χ1n) is 15.7. The molecule has 0 spiro atoms. The first kappa shape index (κ1) is 35.0. The van der Waals surface area contributed by atoms with Crippen LogP contribution < -0.4 is 20.5 Å². The molecule has 1 heterocycles. The van der Waals surface area contributed by atoms with Crippen molar-refractivity contribution in [2.75, 3.05) is 38.6 Å². The van der Waals surface area contributed by atoms with Gasteiger partial charge in [0.15, 0.2) is 11.5 Å².